The molecule has 1 aromatic carbocycles. The number of rotatable bonds is 3. The molecule has 3 nitrogen and oxygen atoms in total. The highest BCUT2D eigenvalue weighted by Gasteiger charge is 2.20. The van der Waals surface area contributed by atoms with Gasteiger partial charge in [-0.1, -0.05) is 24.4 Å². The zero-order valence-corrected chi connectivity index (χ0v) is 12.9. The summed E-state index contributed by atoms with van der Waals surface area (Å²) in [6.07, 6.45) is 1.12. The first-order chi connectivity index (χ1) is 9.47. The van der Waals surface area contributed by atoms with E-state index in [2.05, 4.69) is 23.8 Å². The largest absolute Gasteiger partial charge is 0.389 e. The van der Waals surface area contributed by atoms with Gasteiger partial charge in [-0.25, -0.2) is 4.39 Å². The van der Waals surface area contributed by atoms with E-state index in [0.29, 0.717) is 23.7 Å². The molecular weight excluding hydrogens is 273 g/mol. The van der Waals surface area contributed by atoms with Gasteiger partial charge in [-0.2, -0.15) is 0 Å². The van der Waals surface area contributed by atoms with E-state index in [4.69, 9.17) is 18.0 Å². The van der Waals surface area contributed by atoms with Crippen molar-refractivity contribution in [3.63, 3.8) is 0 Å². The summed E-state index contributed by atoms with van der Waals surface area (Å²) < 4.78 is 14.1. The van der Waals surface area contributed by atoms with Gasteiger partial charge in [0.05, 0.1) is 0 Å². The normalized spacial score (nSPS) is 21.6. The van der Waals surface area contributed by atoms with Crippen molar-refractivity contribution in [1.82, 2.24) is 9.80 Å². The van der Waals surface area contributed by atoms with Gasteiger partial charge in [0.25, 0.3) is 0 Å². The summed E-state index contributed by atoms with van der Waals surface area (Å²) in [5, 5.41) is 0. The summed E-state index contributed by atoms with van der Waals surface area (Å²) >= 11 is 4.87. The van der Waals surface area contributed by atoms with E-state index in [0.717, 1.165) is 26.1 Å². The maximum atomic E-state index is 14.1. The van der Waals surface area contributed by atoms with Crippen LogP contribution in [0, 0.1) is 5.82 Å². The van der Waals surface area contributed by atoms with Gasteiger partial charge in [0.15, 0.2) is 0 Å². The van der Waals surface area contributed by atoms with Crippen molar-refractivity contribution in [3.05, 3.63) is 35.1 Å². The number of nitrogens with zero attached hydrogens (tertiary/aromatic N) is 2. The van der Waals surface area contributed by atoms with Crippen LogP contribution in [-0.2, 0) is 6.54 Å². The van der Waals surface area contributed by atoms with E-state index >= 15 is 0 Å². The molecule has 5 heteroatoms. The van der Waals surface area contributed by atoms with Gasteiger partial charge in [0.2, 0.25) is 0 Å². The molecule has 1 fully saturated rings. The highest BCUT2D eigenvalue weighted by atomic mass is 32.1. The number of benzene rings is 1. The molecule has 0 amide bonds. The van der Waals surface area contributed by atoms with Crippen molar-refractivity contribution in [2.45, 2.75) is 25.9 Å². The fourth-order valence-electron chi connectivity index (χ4n) is 2.70. The first-order valence-corrected chi connectivity index (χ1v) is 7.39. The second-order valence-corrected chi connectivity index (χ2v) is 6.05. The van der Waals surface area contributed by atoms with Crippen LogP contribution in [0.4, 0.5) is 4.39 Å². The Balaban J connectivity index is 2.11. The number of thiocarbonyl (C=S) groups is 1. The Morgan fingerprint density at radius 1 is 1.45 bits per heavy atom. The first kappa shape index (κ1) is 15.4. The van der Waals surface area contributed by atoms with Crippen molar-refractivity contribution in [3.8, 4) is 0 Å². The Hall–Kier alpha value is -1.04. The quantitative estimate of drug-likeness (QED) is 0.865. The summed E-state index contributed by atoms with van der Waals surface area (Å²) in [5.74, 6) is -0.222. The van der Waals surface area contributed by atoms with E-state index in [9.17, 15) is 4.39 Å². The molecule has 1 saturated heterocycles. The number of hydrogen-bond acceptors (Lipinski definition) is 3. The Kier molecular flexibility index (Phi) is 5.07. The van der Waals surface area contributed by atoms with Gasteiger partial charge in [-0.15, -0.1) is 0 Å². The summed E-state index contributed by atoms with van der Waals surface area (Å²) in [6.45, 7) is 5.96. The lowest BCUT2D eigenvalue weighted by Gasteiger charge is -2.28. The highest BCUT2D eigenvalue weighted by Crippen LogP contribution is 2.17. The lowest BCUT2D eigenvalue weighted by molar-refractivity contribution is 0.192. The minimum Gasteiger partial charge on any atom is -0.389 e. The van der Waals surface area contributed by atoms with Crippen LogP contribution in [0.25, 0.3) is 0 Å². The molecule has 0 aromatic heterocycles. The van der Waals surface area contributed by atoms with Crippen molar-refractivity contribution in [2.24, 2.45) is 5.73 Å². The first-order valence-electron chi connectivity index (χ1n) is 6.98. The van der Waals surface area contributed by atoms with Crippen LogP contribution in [0.3, 0.4) is 0 Å². The van der Waals surface area contributed by atoms with Crippen LogP contribution >= 0.6 is 12.2 Å². The van der Waals surface area contributed by atoms with Crippen LogP contribution in [0.5, 0.6) is 0 Å². The molecule has 1 unspecified atom stereocenters. The Morgan fingerprint density at radius 2 is 2.20 bits per heavy atom. The van der Waals surface area contributed by atoms with E-state index in [1.54, 1.807) is 12.1 Å². The zero-order chi connectivity index (χ0) is 14.7. The SMILES string of the molecule is CC1CN(C)CCCN1Cc1ccc(C(N)=S)cc1F. The Morgan fingerprint density at radius 3 is 2.85 bits per heavy atom. The van der Waals surface area contributed by atoms with Gasteiger partial charge in [0.1, 0.15) is 10.8 Å². The van der Waals surface area contributed by atoms with Crippen molar-refractivity contribution in [2.75, 3.05) is 26.7 Å². The van der Waals surface area contributed by atoms with Gasteiger partial charge in [0, 0.05) is 36.8 Å². The average molecular weight is 295 g/mol. The van der Waals surface area contributed by atoms with Crippen LogP contribution in [0.15, 0.2) is 18.2 Å². The topological polar surface area (TPSA) is 32.5 Å². The summed E-state index contributed by atoms with van der Waals surface area (Å²) in [7, 11) is 2.14. The monoisotopic (exact) mass is 295 g/mol. The molecule has 2 N–H and O–H groups in total. The number of halogens is 1. The molecule has 0 radical (unpaired) electrons. The number of likely N-dealkylation sites (N-methyl/N-ethyl adjacent to an activating group) is 1. The van der Waals surface area contributed by atoms with Gasteiger partial charge >= 0.3 is 0 Å². The third-order valence-electron chi connectivity index (χ3n) is 3.90. The molecule has 1 aliphatic rings. The summed E-state index contributed by atoms with van der Waals surface area (Å²) in [5.41, 5.74) is 6.82. The molecule has 0 bridgehead atoms. The Labute approximate surface area is 125 Å². The van der Waals surface area contributed by atoms with Crippen LogP contribution < -0.4 is 5.73 Å². The molecule has 1 aliphatic heterocycles. The molecular formula is C15H22FN3S. The van der Waals surface area contributed by atoms with E-state index in [1.165, 1.54) is 6.07 Å². The van der Waals surface area contributed by atoms with Gasteiger partial charge in [-0.3, -0.25) is 4.90 Å². The lowest BCUT2D eigenvalue weighted by atomic mass is 10.1. The third kappa shape index (κ3) is 3.75. The molecule has 1 aromatic rings. The Bertz CT molecular complexity index is 492. The predicted octanol–water partition coefficient (Wildman–Crippen LogP) is 1.99. The molecule has 110 valence electrons. The second kappa shape index (κ2) is 6.61. The summed E-state index contributed by atoms with van der Waals surface area (Å²) in [4.78, 5) is 4.90. The predicted molar refractivity (Wildman–Crippen MR) is 84.3 cm³/mol. The van der Waals surface area contributed by atoms with Gasteiger partial charge < -0.3 is 10.6 Å². The molecule has 2 rings (SSSR count). The molecule has 0 saturated carbocycles. The minimum atomic E-state index is -0.222. The van der Waals surface area contributed by atoms with E-state index < -0.39 is 0 Å². The minimum absolute atomic E-state index is 0.222. The average Bonchev–Trinajstić information content (AvgIpc) is 2.53. The van der Waals surface area contributed by atoms with E-state index in [1.807, 2.05) is 0 Å². The molecule has 20 heavy (non-hydrogen) atoms. The molecule has 0 spiro atoms. The maximum absolute atomic E-state index is 14.1. The zero-order valence-electron chi connectivity index (χ0n) is 12.1. The third-order valence-corrected chi connectivity index (χ3v) is 4.13. The smallest absolute Gasteiger partial charge is 0.128 e. The van der Waals surface area contributed by atoms with Crippen LogP contribution in [0.1, 0.15) is 24.5 Å². The summed E-state index contributed by atoms with van der Waals surface area (Å²) in [6, 6.07) is 5.46. The lowest BCUT2D eigenvalue weighted by Crippen LogP contribution is -2.37. The molecule has 1 atom stereocenters. The maximum Gasteiger partial charge on any atom is 0.128 e. The fourth-order valence-corrected chi connectivity index (χ4v) is 2.83. The van der Waals surface area contributed by atoms with Crippen LogP contribution in [0.2, 0.25) is 0 Å². The van der Waals surface area contributed by atoms with Gasteiger partial charge in [-0.05, 0) is 33.0 Å². The van der Waals surface area contributed by atoms with Crippen LogP contribution in [-0.4, -0.2) is 47.5 Å². The van der Waals surface area contributed by atoms with E-state index in [-0.39, 0.29) is 10.8 Å². The number of nitrogens with two attached hydrogens (primary N) is 1. The standard InChI is InChI=1S/C15H22FN3S/c1-11-9-18(2)6-3-7-19(11)10-13-5-4-12(15(17)20)8-14(13)16/h4-5,8,11H,3,6-7,9-10H2,1-2H3,(H2,17,20). The number of hydrogen-bond donors (Lipinski definition) is 1. The van der Waals surface area contributed by atoms with Crippen molar-refractivity contribution < 1.29 is 4.39 Å². The fraction of sp³-hybridized carbons (Fsp3) is 0.533. The van der Waals surface area contributed by atoms with Crippen molar-refractivity contribution in [1.29, 1.82) is 0 Å². The second-order valence-electron chi connectivity index (χ2n) is 5.61. The van der Waals surface area contributed by atoms with Crippen molar-refractivity contribution >= 4 is 17.2 Å². The molecule has 1 heterocycles. The highest BCUT2D eigenvalue weighted by molar-refractivity contribution is 7.80. The molecule has 0 aliphatic carbocycles.